The van der Waals surface area contributed by atoms with Crippen LogP contribution in [-0.4, -0.2) is 35.3 Å². The van der Waals surface area contributed by atoms with E-state index in [9.17, 15) is 9.59 Å². The molecule has 5 heteroatoms. The quantitative estimate of drug-likeness (QED) is 0.457. The molecule has 1 fully saturated rings. The Morgan fingerprint density at radius 1 is 1.53 bits per heavy atom. The van der Waals surface area contributed by atoms with Crippen LogP contribution < -0.4 is 5.32 Å². The molecule has 0 aromatic rings. The lowest BCUT2D eigenvalue weighted by Crippen LogP contribution is -2.51. The number of carbonyl (C=O) groups is 2. The molecule has 0 aliphatic carbocycles. The molecule has 0 saturated carbocycles. The monoisotopic (exact) mass is 235 g/mol. The van der Waals surface area contributed by atoms with Gasteiger partial charge >= 0.3 is 6.03 Å². The Bertz CT molecular complexity index is 383. The van der Waals surface area contributed by atoms with Crippen LogP contribution in [-0.2, 0) is 4.79 Å². The van der Waals surface area contributed by atoms with Crippen molar-refractivity contribution in [2.45, 2.75) is 26.3 Å². The van der Waals surface area contributed by atoms with Crippen molar-refractivity contribution in [2.24, 2.45) is 4.99 Å². The summed E-state index contributed by atoms with van der Waals surface area (Å²) in [5.74, 6) is 0.299. The van der Waals surface area contributed by atoms with Crippen LogP contribution in [0.15, 0.2) is 29.8 Å². The van der Waals surface area contributed by atoms with Crippen molar-refractivity contribution in [3.05, 3.63) is 24.8 Å². The second-order valence-corrected chi connectivity index (χ2v) is 3.93. The van der Waals surface area contributed by atoms with Gasteiger partial charge in [-0.25, -0.2) is 4.79 Å². The van der Waals surface area contributed by atoms with Crippen LogP contribution >= 0.6 is 0 Å². The van der Waals surface area contributed by atoms with Crippen molar-refractivity contribution in [1.29, 1.82) is 0 Å². The van der Waals surface area contributed by atoms with Gasteiger partial charge < -0.3 is 0 Å². The molecule has 0 aromatic heterocycles. The fraction of sp³-hybridized carbons (Fsp3) is 0.417. The van der Waals surface area contributed by atoms with Gasteiger partial charge in [0.2, 0.25) is 5.91 Å². The Hall–Kier alpha value is -1.91. The molecule has 1 heterocycles. The minimum Gasteiger partial charge on any atom is -0.278 e. The molecule has 0 radical (unpaired) electrons. The lowest BCUT2D eigenvalue weighted by atomic mass is 10.3. The number of carbonyl (C=O) groups excluding carboxylic acids is 2. The second kappa shape index (κ2) is 5.98. The average molecular weight is 235 g/mol. The molecule has 3 amide bonds. The van der Waals surface area contributed by atoms with Gasteiger partial charge in [-0.05, 0) is 19.9 Å². The molecular formula is C12H17N3O2. The maximum Gasteiger partial charge on any atom is 0.329 e. The third-order valence-electron chi connectivity index (χ3n) is 2.10. The number of nitrogens with zero attached hydrogens (tertiary/aromatic N) is 2. The van der Waals surface area contributed by atoms with E-state index in [0.717, 1.165) is 0 Å². The van der Waals surface area contributed by atoms with Gasteiger partial charge in [-0.3, -0.25) is 20.0 Å². The predicted octanol–water partition coefficient (Wildman–Crippen LogP) is 1.48. The highest BCUT2D eigenvalue weighted by molar-refractivity contribution is 6.09. The maximum absolute atomic E-state index is 11.6. The first-order valence-corrected chi connectivity index (χ1v) is 5.53. The topological polar surface area (TPSA) is 61.8 Å². The van der Waals surface area contributed by atoms with E-state index >= 15 is 0 Å². The number of amides is 3. The summed E-state index contributed by atoms with van der Waals surface area (Å²) in [6, 6.07) is -0.348. The number of nitrogens with one attached hydrogen (secondary N) is 1. The van der Waals surface area contributed by atoms with Crippen LogP contribution in [0.1, 0.15) is 20.3 Å². The highest BCUT2D eigenvalue weighted by atomic mass is 16.2. The maximum atomic E-state index is 11.6. The normalized spacial score (nSPS) is 17.8. The SMILES string of the molecule is C=C/C=C\C(=NC(C)C)N1CCC(=O)NC1=O. The van der Waals surface area contributed by atoms with E-state index in [1.807, 2.05) is 13.8 Å². The summed E-state index contributed by atoms with van der Waals surface area (Å²) in [7, 11) is 0. The lowest BCUT2D eigenvalue weighted by molar-refractivity contribution is -0.121. The van der Waals surface area contributed by atoms with Crippen molar-refractivity contribution in [2.75, 3.05) is 6.54 Å². The molecule has 0 unspecified atom stereocenters. The molecule has 5 nitrogen and oxygen atoms in total. The zero-order valence-corrected chi connectivity index (χ0v) is 10.1. The van der Waals surface area contributed by atoms with Gasteiger partial charge in [0.1, 0.15) is 5.84 Å². The molecule has 0 aromatic carbocycles. The number of rotatable bonds is 3. The van der Waals surface area contributed by atoms with E-state index in [2.05, 4.69) is 16.9 Å². The van der Waals surface area contributed by atoms with E-state index in [-0.39, 0.29) is 11.9 Å². The average Bonchev–Trinajstić information content (AvgIpc) is 2.24. The van der Waals surface area contributed by atoms with Gasteiger partial charge in [0.05, 0.1) is 0 Å². The van der Waals surface area contributed by atoms with Crippen LogP contribution in [0.5, 0.6) is 0 Å². The Labute approximate surface area is 101 Å². The summed E-state index contributed by atoms with van der Waals surface area (Å²) < 4.78 is 0. The van der Waals surface area contributed by atoms with Crippen LogP contribution in [0.4, 0.5) is 4.79 Å². The third kappa shape index (κ3) is 3.86. The highest BCUT2D eigenvalue weighted by Crippen LogP contribution is 2.05. The molecule has 0 bridgehead atoms. The van der Waals surface area contributed by atoms with Gasteiger partial charge in [0.15, 0.2) is 0 Å². The van der Waals surface area contributed by atoms with Gasteiger partial charge in [-0.2, -0.15) is 0 Å². The van der Waals surface area contributed by atoms with Crippen LogP contribution in [0, 0.1) is 0 Å². The number of amidine groups is 1. The first-order valence-electron chi connectivity index (χ1n) is 5.53. The van der Waals surface area contributed by atoms with E-state index in [1.54, 1.807) is 18.2 Å². The molecule has 1 aliphatic rings. The van der Waals surface area contributed by atoms with Gasteiger partial charge in [-0.1, -0.05) is 18.7 Å². The van der Waals surface area contributed by atoms with Gasteiger partial charge in [0.25, 0.3) is 0 Å². The van der Waals surface area contributed by atoms with Gasteiger partial charge in [-0.15, -0.1) is 0 Å². The van der Waals surface area contributed by atoms with Crippen LogP contribution in [0.3, 0.4) is 0 Å². The standard InChI is InChI=1S/C12H17N3O2/c1-4-5-6-10(13-9(2)3)15-8-7-11(16)14-12(15)17/h4-6,9H,1,7-8H2,2-3H3,(H,14,16,17)/b6-5-,13-10?. The number of hydrogen-bond acceptors (Lipinski definition) is 3. The Morgan fingerprint density at radius 2 is 2.24 bits per heavy atom. The molecular weight excluding hydrogens is 218 g/mol. The Kier molecular flexibility index (Phi) is 4.63. The summed E-state index contributed by atoms with van der Waals surface area (Å²) in [6.45, 7) is 7.78. The summed E-state index contributed by atoms with van der Waals surface area (Å²) in [5.41, 5.74) is 0. The number of allylic oxidation sites excluding steroid dienone is 2. The summed E-state index contributed by atoms with van der Waals surface area (Å²) >= 11 is 0. The number of urea groups is 1. The van der Waals surface area contributed by atoms with E-state index < -0.39 is 6.03 Å². The fourth-order valence-electron chi connectivity index (χ4n) is 1.40. The summed E-state index contributed by atoms with van der Waals surface area (Å²) in [4.78, 5) is 28.5. The first kappa shape index (κ1) is 13.2. The van der Waals surface area contributed by atoms with Crippen molar-refractivity contribution < 1.29 is 9.59 Å². The zero-order valence-electron chi connectivity index (χ0n) is 10.1. The number of hydrogen-bond donors (Lipinski definition) is 1. The first-order chi connectivity index (χ1) is 8.04. The smallest absolute Gasteiger partial charge is 0.278 e. The molecule has 1 aliphatic heterocycles. The Morgan fingerprint density at radius 3 is 2.76 bits per heavy atom. The molecule has 1 N–H and O–H groups in total. The molecule has 0 spiro atoms. The molecule has 92 valence electrons. The minimum absolute atomic E-state index is 0.0740. The fourth-order valence-corrected chi connectivity index (χ4v) is 1.40. The van der Waals surface area contributed by atoms with Crippen molar-refractivity contribution in [3.63, 3.8) is 0 Å². The van der Waals surface area contributed by atoms with Crippen molar-refractivity contribution >= 4 is 17.8 Å². The van der Waals surface area contributed by atoms with E-state index in [0.29, 0.717) is 18.8 Å². The van der Waals surface area contributed by atoms with Crippen molar-refractivity contribution in [1.82, 2.24) is 10.2 Å². The Balaban J connectivity index is 2.90. The predicted molar refractivity (Wildman–Crippen MR) is 66.8 cm³/mol. The number of aliphatic imine (C=N–C) groups is 1. The summed E-state index contributed by atoms with van der Waals surface area (Å²) in [5, 5.41) is 2.27. The number of imide groups is 1. The van der Waals surface area contributed by atoms with Crippen LogP contribution in [0.25, 0.3) is 0 Å². The zero-order chi connectivity index (χ0) is 12.8. The highest BCUT2D eigenvalue weighted by Gasteiger charge is 2.25. The van der Waals surface area contributed by atoms with Crippen LogP contribution in [0.2, 0.25) is 0 Å². The minimum atomic E-state index is -0.422. The molecule has 1 rings (SSSR count). The van der Waals surface area contributed by atoms with E-state index in [4.69, 9.17) is 0 Å². The molecule has 0 atom stereocenters. The second-order valence-electron chi connectivity index (χ2n) is 3.93. The molecule has 17 heavy (non-hydrogen) atoms. The third-order valence-corrected chi connectivity index (χ3v) is 2.10. The lowest BCUT2D eigenvalue weighted by Gasteiger charge is -2.26. The largest absolute Gasteiger partial charge is 0.329 e. The molecule has 1 saturated heterocycles. The van der Waals surface area contributed by atoms with E-state index in [1.165, 1.54) is 4.90 Å². The van der Waals surface area contributed by atoms with Gasteiger partial charge in [0, 0.05) is 19.0 Å². The van der Waals surface area contributed by atoms with Crippen molar-refractivity contribution in [3.8, 4) is 0 Å². The summed E-state index contributed by atoms with van der Waals surface area (Å²) in [6.07, 6.45) is 5.33.